The number of nitrogens with zero attached hydrogens (tertiary/aromatic N) is 1. The molecule has 0 fully saturated rings. The fraction of sp³-hybridized carbons (Fsp3) is 0.200. The maximum Gasteiger partial charge on any atom is 0.412 e. The van der Waals surface area contributed by atoms with Crippen molar-refractivity contribution in [1.82, 2.24) is 4.98 Å². The van der Waals surface area contributed by atoms with Crippen LogP contribution in [0.4, 0.5) is 9.80 Å². The molecule has 0 aliphatic heterocycles. The van der Waals surface area contributed by atoms with Gasteiger partial charge in [-0.1, -0.05) is 35.1 Å². The third-order valence-corrected chi connectivity index (χ3v) is 5.28. The zero-order valence-electron chi connectivity index (χ0n) is 15.6. The van der Waals surface area contributed by atoms with Gasteiger partial charge in [0, 0.05) is 5.02 Å². The topological polar surface area (TPSA) is 69.7 Å². The summed E-state index contributed by atoms with van der Waals surface area (Å²) in [7, 11) is 3.18. The molecule has 0 aliphatic carbocycles. The Morgan fingerprint density at radius 2 is 1.89 bits per heavy atom. The molecule has 1 N–H and O–H groups in total. The third kappa shape index (κ3) is 4.74. The lowest BCUT2D eigenvalue weighted by atomic mass is 10.2. The second-order valence-corrected chi connectivity index (χ2v) is 7.26. The average Bonchev–Trinajstić information content (AvgIpc) is 3.06. The van der Waals surface area contributed by atoms with Gasteiger partial charge in [0.05, 0.1) is 25.5 Å². The molecular formula is C20H19ClN2O4S. The number of methoxy groups -OCH3 is 2. The number of aromatic nitrogens is 1. The van der Waals surface area contributed by atoms with Crippen LogP contribution in [0.25, 0.3) is 10.6 Å². The van der Waals surface area contributed by atoms with E-state index in [1.165, 1.54) is 11.3 Å². The highest BCUT2D eigenvalue weighted by atomic mass is 35.5. The van der Waals surface area contributed by atoms with E-state index in [4.69, 9.17) is 25.8 Å². The number of rotatable bonds is 6. The first-order valence-electron chi connectivity index (χ1n) is 8.38. The van der Waals surface area contributed by atoms with Crippen LogP contribution < -0.4 is 14.8 Å². The summed E-state index contributed by atoms with van der Waals surface area (Å²) in [5, 5.41) is 4.66. The highest BCUT2D eigenvalue weighted by molar-refractivity contribution is 7.19. The highest BCUT2D eigenvalue weighted by Gasteiger charge is 2.16. The Balaban J connectivity index is 1.67. The molecule has 1 heterocycles. The van der Waals surface area contributed by atoms with Crippen molar-refractivity contribution in [2.75, 3.05) is 19.5 Å². The van der Waals surface area contributed by atoms with E-state index < -0.39 is 6.09 Å². The van der Waals surface area contributed by atoms with Crippen molar-refractivity contribution in [3.05, 3.63) is 58.7 Å². The van der Waals surface area contributed by atoms with E-state index in [9.17, 15) is 4.79 Å². The number of hydrogen-bond acceptors (Lipinski definition) is 6. The minimum absolute atomic E-state index is 0.158. The van der Waals surface area contributed by atoms with Crippen LogP contribution in [0.15, 0.2) is 42.5 Å². The van der Waals surface area contributed by atoms with Crippen molar-refractivity contribution < 1.29 is 19.0 Å². The Morgan fingerprint density at radius 1 is 1.14 bits per heavy atom. The van der Waals surface area contributed by atoms with E-state index >= 15 is 0 Å². The number of anilines is 1. The zero-order valence-corrected chi connectivity index (χ0v) is 17.2. The monoisotopic (exact) mass is 418 g/mol. The molecule has 8 heteroatoms. The summed E-state index contributed by atoms with van der Waals surface area (Å²) < 4.78 is 15.8. The summed E-state index contributed by atoms with van der Waals surface area (Å²) >= 11 is 7.35. The van der Waals surface area contributed by atoms with E-state index in [2.05, 4.69) is 10.3 Å². The quantitative estimate of drug-likeness (QED) is 0.569. The predicted molar refractivity (Wildman–Crippen MR) is 111 cm³/mol. The number of thiazole rings is 1. The van der Waals surface area contributed by atoms with Crippen LogP contribution in [0.5, 0.6) is 11.5 Å². The van der Waals surface area contributed by atoms with Gasteiger partial charge in [-0.15, -0.1) is 0 Å². The third-order valence-electron chi connectivity index (χ3n) is 3.94. The van der Waals surface area contributed by atoms with Crippen molar-refractivity contribution in [2.45, 2.75) is 13.5 Å². The number of hydrogen-bond donors (Lipinski definition) is 1. The van der Waals surface area contributed by atoms with Crippen LogP contribution in [0.2, 0.25) is 5.02 Å². The molecular weight excluding hydrogens is 400 g/mol. The SMILES string of the molecule is COc1ccc(COC(=O)Nc2sc(-c3ccc(Cl)cc3OC)nc2C)cc1. The van der Waals surface area contributed by atoms with Gasteiger partial charge >= 0.3 is 6.09 Å². The second-order valence-electron chi connectivity index (χ2n) is 5.83. The molecule has 1 aromatic heterocycles. The van der Waals surface area contributed by atoms with Crippen molar-refractivity contribution in [3.63, 3.8) is 0 Å². The zero-order chi connectivity index (χ0) is 20.1. The Hall–Kier alpha value is -2.77. The normalized spacial score (nSPS) is 10.4. The van der Waals surface area contributed by atoms with Gasteiger partial charge in [0.25, 0.3) is 0 Å². The molecule has 0 spiro atoms. The Labute approximate surface area is 172 Å². The lowest BCUT2D eigenvalue weighted by Crippen LogP contribution is -2.13. The van der Waals surface area contributed by atoms with Gasteiger partial charge in [0.15, 0.2) is 0 Å². The summed E-state index contributed by atoms with van der Waals surface area (Å²) in [6.45, 7) is 1.98. The average molecular weight is 419 g/mol. The Bertz CT molecular complexity index is 973. The lowest BCUT2D eigenvalue weighted by Gasteiger charge is -2.07. The molecule has 0 aliphatic rings. The van der Waals surface area contributed by atoms with Gasteiger partial charge in [0.1, 0.15) is 28.1 Å². The van der Waals surface area contributed by atoms with Crippen LogP contribution in [-0.2, 0) is 11.3 Å². The maximum atomic E-state index is 12.2. The molecule has 3 rings (SSSR count). The van der Waals surface area contributed by atoms with E-state index in [-0.39, 0.29) is 6.61 Å². The molecule has 1 amide bonds. The van der Waals surface area contributed by atoms with Crippen LogP contribution in [0, 0.1) is 6.92 Å². The molecule has 0 saturated carbocycles. The maximum absolute atomic E-state index is 12.2. The number of benzene rings is 2. The first-order valence-corrected chi connectivity index (χ1v) is 9.57. The van der Waals surface area contributed by atoms with Gasteiger partial charge in [-0.05, 0) is 42.8 Å². The smallest absolute Gasteiger partial charge is 0.412 e. The molecule has 0 bridgehead atoms. The van der Waals surface area contributed by atoms with Gasteiger partial charge in [-0.2, -0.15) is 0 Å². The van der Waals surface area contributed by atoms with Crippen LogP contribution >= 0.6 is 22.9 Å². The standard InChI is InChI=1S/C20H19ClN2O4S/c1-12-18(23-20(24)27-11-13-4-7-15(25-2)8-5-13)28-19(22-12)16-9-6-14(21)10-17(16)26-3/h4-10H,11H2,1-3H3,(H,23,24). The first kappa shape index (κ1) is 20.0. The van der Waals surface area contributed by atoms with E-state index in [1.54, 1.807) is 26.4 Å². The van der Waals surface area contributed by atoms with Crippen molar-refractivity contribution in [2.24, 2.45) is 0 Å². The molecule has 6 nitrogen and oxygen atoms in total. The number of carbonyl (C=O) groups is 1. The van der Waals surface area contributed by atoms with Gasteiger partial charge in [-0.25, -0.2) is 9.78 Å². The van der Waals surface area contributed by atoms with E-state index in [0.717, 1.165) is 21.9 Å². The lowest BCUT2D eigenvalue weighted by molar-refractivity contribution is 0.155. The van der Waals surface area contributed by atoms with Gasteiger partial charge in [-0.3, -0.25) is 5.32 Å². The van der Waals surface area contributed by atoms with Crippen LogP contribution in [0.1, 0.15) is 11.3 Å². The molecule has 0 atom stereocenters. The number of ether oxygens (including phenoxy) is 3. The minimum atomic E-state index is -0.544. The number of carbonyl (C=O) groups excluding carboxylic acids is 1. The minimum Gasteiger partial charge on any atom is -0.497 e. The number of halogens is 1. The van der Waals surface area contributed by atoms with Gasteiger partial charge < -0.3 is 14.2 Å². The van der Waals surface area contributed by atoms with Gasteiger partial charge in [0.2, 0.25) is 0 Å². The summed E-state index contributed by atoms with van der Waals surface area (Å²) in [6.07, 6.45) is -0.544. The molecule has 28 heavy (non-hydrogen) atoms. The Kier molecular flexibility index (Phi) is 6.38. The van der Waals surface area contributed by atoms with E-state index in [1.807, 2.05) is 37.3 Å². The van der Waals surface area contributed by atoms with Crippen molar-refractivity contribution >= 4 is 34.0 Å². The molecule has 146 valence electrons. The molecule has 0 unspecified atom stereocenters. The fourth-order valence-electron chi connectivity index (χ4n) is 2.47. The molecule has 3 aromatic rings. The number of aryl methyl sites for hydroxylation is 1. The fourth-order valence-corrected chi connectivity index (χ4v) is 3.61. The summed E-state index contributed by atoms with van der Waals surface area (Å²) in [6, 6.07) is 12.6. The number of amides is 1. The van der Waals surface area contributed by atoms with Crippen LogP contribution in [-0.4, -0.2) is 25.3 Å². The van der Waals surface area contributed by atoms with E-state index in [0.29, 0.717) is 21.5 Å². The highest BCUT2D eigenvalue weighted by Crippen LogP contribution is 2.38. The molecule has 0 radical (unpaired) electrons. The first-order chi connectivity index (χ1) is 13.5. The molecule has 0 saturated heterocycles. The van der Waals surface area contributed by atoms with Crippen molar-refractivity contribution in [3.8, 4) is 22.1 Å². The summed E-state index contributed by atoms with van der Waals surface area (Å²) in [4.78, 5) is 16.7. The largest absolute Gasteiger partial charge is 0.497 e. The Morgan fingerprint density at radius 3 is 2.57 bits per heavy atom. The van der Waals surface area contributed by atoms with Crippen LogP contribution in [0.3, 0.4) is 0 Å². The predicted octanol–water partition coefficient (Wildman–Crippen LogP) is 5.54. The second kappa shape index (κ2) is 8.95. The molecule has 2 aromatic carbocycles. The number of nitrogens with one attached hydrogen (secondary N) is 1. The summed E-state index contributed by atoms with van der Waals surface area (Å²) in [5.41, 5.74) is 2.36. The summed E-state index contributed by atoms with van der Waals surface area (Å²) in [5.74, 6) is 1.37. The van der Waals surface area contributed by atoms with Crippen molar-refractivity contribution in [1.29, 1.82) is 0 Å².